The second-order valence-corrected chi connectivity index (χ2v) is 5.56. The molecular formula is C14H23N3O2. The first kappa shape index (κ1) is 15.5. The highest BCUT2D eigenvalue weighted by atomic mass is 16.3. The minimum Gasteiger partial charge on any atom is -0.394 e. The van der Waals surface area contributed by atoms with Crippen LogP contribution >= 0.6 is 0 Å². The van der Waals surface area contributed by atoms with Crippen LogP contribution in [0, 0.1) is 0 Å². The number of hydrogen-bond donors (Lipinski definition) is 3. The van der Waals surface area contributed by atoms with Gasteiger partial charge in [-0.25, -0.2) is 4.79 Å². The molecule has 0 atom stereocenters. The summed E-state index contributed by atoms with van der Waals surface area (Å²) in [6.07, 6.45) is 0. The van der Waals surface area contributed by atoms with E-state index in [9.17, 15) is 4.79 Å². The highest BCUT2D eigenvalue weighted by Crippen LogP contribution is 2.12. The zero-order valence-corrected chi connectivity index (χ0v) is 12.0. The molecule has 1 aromatic carbocycles. The fraction of sp³-hybridized carbons (Fsp3) is 0.500. The average Bonchev–Trinajstić information content (AvgIpc) is 2.27. The third kappa shape index (κ3) is 5.72. The largest absolute Gasteiger partial charge is 0.394 e. The highest BCUT2D eigenvalue weighted by molar-refractivity contribution is 5.89. The number of aliphatic hydroxyl groups excluding tert-OH is 1. The molecule has 0 spiro atoms. The Labute approximate surface area is 114 Å². The molecule has 0 unspecified atom stereocenters. The number of hydrogen-bond acceptors (Lipinski definition) is 3. The topological polar surface area (TPSA) is 64.6 Å². The Hall–Kier alpha value is -1.59. The van der Waals surface area contributed by atoms with E-state index in [4.69, 9.17) is 5.11 Å². The summed E-state index contributed by atoms with van der Waals surface area (Å²) in [6, 6.07) is 7.38. The minimum atomic E-state index is -0.634. The molecule has 0 radical (unpaired) electrons. The van der Waals surface area contributed by atoms with E-state index in [1.165, 1.54) is 0 Å². The van der Waals surface area contributed by atoms with Crippen LogP contribution in [0.5, 0.6) is 0 Å². The Kier molecular flexibility index (Phi) is 5.32. The predicted octanol–water partition coefficient (Wildman–Crippen LogP) is 1.64. The number of nitrogens with zero attached hydrogens (tertiary/aromatic N) is 1. The minimum absolute atomic E-state index is 0.110. The quantitative estimate of drug-likeness (QED) is 0.758. The summed E-state index contributed by atoms with van der Waals surface area (Å²) in [7, 11) is 3.99. The van der Waals surface area contributed by atoms with E-state index in [1.807, 2.05) is 38.4 Å². The number of carbonyl (C=O) groups is 1. The number of aliphatic hydroxyl groups is 1. The van der Waals surface area contributed by atoms with Crippen molar-refractivity contribution in [2.45, 2.75) is 25.9 Å². The Balaban J connectivity index is 2.64. The van der Waals surface area contributed by atoms with Gasteiger partial charge in [-0.3, -0.25) is 0 Å². The third-order valence-corrected chi connectivity index (χ3v) is 2.53. The van der Waals surface area contributed by atoms with Crippen LogP contribution in [0.1, 0.15) is 19.4 Å². The molecule has 0 bridgehead atoms. The standard InChI is InChI=1S/C14H23N3O2/c1-14(2,10-18)16-13(19)15-12-7-5-6-11(8-12)9-17(3)4/h5-8,18H,9-10H2,1-4H3,(H2,15,16,19). The van der Waals surface area contributed by atoms with E-state index in [0.29, 0.717) is 0 Å². The lowest BCUT2D eigenvalue weighted by molar-refractivity contribution is 0.187. The highest BCUT2D eigenvalue weighted by Gasteiger charge is 2.18. The van der Waals surface area contributed by atoms with Gasteiger partial charge in [0.25, 0.3) is 0 Å². The van der Waals surface area contributed by atoms with Crippen LogP contribution < -0.4 is 10.6 Å². The lowest BCUT2D eigenvalue weighted by Crippen LogP contribution is -2.48. The molecule has 0 fully saturated rings. The molecule has 5 nitrogen and oxygen atoms in total. The van der Waals surface area contributed by atoms with Crippen molar-refractivity contribution in [2.24, 2.45) is 0 Å². The Morgan fingerprint density at radius 3 is 2.63 bits per heavy atom. The van der Waals surface area contributed by atoms with Gasteiger partial charge in [-0.15, -0.1) is 0 Å². The van der Waals surface area contributed by atoms with E-state index in [-0.39, 0.29) is 12.6 Å². The molecule has 0 heterocycles. The first-order chi connectivity index (χ1) is 8.82. The number of nitrogens with one attached hydrogen (secondary N) is 2. The van der Waals surface area contributed by atoms with Gasteiger partial charge >= 0.3 is 6.03 Å². The maximum absolute atomic E-state index is 11.8. The predicted molar refractivity (Wildman–Crippen MR) is 77.2 cm³/mol. The summed E-state index contributed by atoms with van der Waals surface area (Å²) < 4.78 is 0. The number of urea groups is 1. The smallest absolute Gasteiger partial charge is 0.319 e. The summed E-state index contributed by atoms with van der Waals surface area (Å²) >= 11 is 0. The van der Waals surface area contributed by atoms with Crippen LogP contribution in [-0.2, 0) is 6.54 Å². The summed E-state index contributed by atoms with van der Waals surface area (Å²) in [4.78, 5) is 13.8. The van der Waals surface area contributed by atoms with Gasteiger partial charge in [-0.1, -0.05) is 12.1 Å². The number of carbonyl (C=O) groups excluding carboxylic acids is 1. The SMILES string of the molecule is CN(C)Cc1cccc(NC(=O)NC(C)(C)CO)c1. The maximum Gasteiger partial charge on any atom is 0.319 e. The maximum atomic E-state index is 11.8. The van der Waals surface area contributed by atoms with E-state index < -0.39 is 5.54 Å². The molecule has 0 aliphatic rings. The molecular weight excluding hydrogens is 242 g/mol. The lowest BCUT2D eigenvalue weighted by atomic mass is 10.1. The van der Waals surface area contributed by atoms with Crippen LogP contribution in [0.3, 0.4) is 0 Å². The van der Waals surface area contributed by atoms with Gasteiger partial charge in [0, 0.05) is 12.2 Å². The summed E-state index contributed by atoms with van der Waals surface area (Å²) in [5.41, 5.74) is 1.24. The van der Waals surface area contributed by atoms with E-state index >= 15 is 0 Å². The van der Waals surface area contributed by atoms with Crippen LogP contribution in [0.15, 0.2) is 24.3 Å². The molecule has 19 heavy (non-hydrogen) atoms. The first-order valence-corrected chi connectivity index (χ1v) is 6.26. The molecule has 0 aromatic heterocycles. The van der Waals surface area contributed by atoms with Crippen molar-refractivity contribution in [1.29, 1.82) is 0 Å². The molecule has 1 aromatic rings. The van der Waals surface area contributed by atoms with Crippen LogP contribution in [0.2, 0.25) is 0 Å². The number of amides is 2. The molecule has 1 rings (SSSR count). The molecule has 106 valence electrons. The summed E-state index contributed by atoms with van der Waals surface area (Å²) in [5.74, 6) is 0. The van der Waals surface area contributed by atoms with Crippen LogP contribution in [0.4, 0.5) is 10.5 Å². The van der Waals surface area contributed by atoms with Gasteiger partial charge in [0.15, 0.2) is 0 Å². The van der Waals surface area contributed by atoms with Crippen molar-refractivity contribution in [3.63, 3.8) is 0 Å². The van der Waals surface area contributed by atoms with Crippen molar-refractivity contribution in [1.82, 2.24) is 10.2 Å². The molecule has 0 saturated carbocycles. The summed E-state index contributed by atoms with van der Waals surface area (Å²) in [6.45, 7) is 4.23. The summed E-state index contributed by atoms with van der Waals surface area (Å²) in [5, 5.41) is 14.6. The van der Waals surface area contributed by atoms with Gasteiger partial charge in [-0.05, 0) is 45.6 Å². The molecule has 5 heteroatoms. The van der Waals surface area contributed by atoms with Gasteiger partial charge in [0.2, 0.25) is 0 Å². The van der Waals surface area contributed by atoms with Crippen molar-refractivity contribution in [2.75, 3.05) is 26.0 Å². The third-order valence-electron chi connectivity index (χ3n) is 2.53. The molecule has 3 N–H and O–H groups in total. The van der Waals surface area contributed by atoms with Crippen LogP contribution in [-0.4, -0.2) is 42.3 Å². The molecule has 0 aliphatic carbocycles. The lowest BCUT2D eigenvalue weighted by Gasteiger charge is -2.23. The van der Waals surface area contributed by atoms with E-state index in [1.54, 1.807) is 13.8 Å². The second kappa shape index (κ2) is 6.54. The molecule has 2 amide bonds. The van der Waals surface area contributed by atoms with Gasteiger partial charge in [0.05, 0.1) is 12.1 Å². The fourth-order valence-corrected chi connectivity index (χ4v) is 1.62. The normalized spacial score (nSPS) is 11.5. The number of benzene rings is 1. The van der Waals surface area contributed by atoms with Crippen molar-refractivity contribution < 1.29 is 9.90 Å². The first-order valence-electron chi connectivity index (χ1n) is 6.26. The van der Waals surface area contributed by atoms with Gasteiger partial charge in [-0.2, -0.15) is 0 Å². The molecule has 0 aliphatic heterocycles. The zero-order chi connectivity index (χ0) is 14.5. The van der Waals surface area contributed by atoms with Crippen LogP contribution in [0.25, 0.3) is 0 Å². The van der Waals surface area contributed by atoms with E-state index in [2.05, 4.69) is 15.5 Å². The van der Waals surface area contributed by atoms with Crippen molar-refractivity contribution in [3.8, 4) is 0 Å². The fourth-order valence-electron chi connectivity index (χ4n) is 1.62. The zero-order valence-electron chi connectivity index (χ0n) is 12.0. The van der Waals surface area contributed by atoms with Gasteiger partial charge < -0.3 is 20.6 Å². The Morgan fingerprint density at radius 1 is 1.37 bits per heavy atom. The Bertz CT molecular complexity index is 430. The molecule has 0 saturated heterocycles. The Morgan fingerprint density at radius 2 is 2.05 bits per heavy atom. The number of rotatable bonds is 5. The van der Waals surface area contributed by atoms with Gasteiger partial charge in [0.1, 0.15) is 0 Å². The second-order valence-electron chi connectivity index (χ2n) is 5.56. The van der Waals surface area contributed by atoms with E-state index in [0.717, 1.165) is 17.8 Å². The average molecular weight is 265 g/mol. The monoisotopic (exact) mass is 265 g/mol. The van der Waals surface area contributed by atoms with Crippen molar-refractivity contribution in [3.05, 3.63) is 29.8 Å². The number of anilines is 1. The van der Waals surface area contributed by atoms with Crippen molar-refractivity contribution >= 4 is 11.7 Å².